The zero-order chi connectivity index (χ0) is 19.7. The zero-order valence-corrected chi connectivity index (χ0v) is 15.4. The number of rotatable bonds is 3. The Labute approximate surface area is 161 Å². The van der Waals surface area contributed by atoms with Crippen molar-refractivity contribution in [1.82, 2.24) is 15.2 Å². The van der Waals surface area contributed by atoms with Crippen molar-refractivity contribution in [3.05, 3.63) is 47.7 Å². The number of pyridine rings is 1. The van der Waals surface area contributed by atoms with Gasteiger partial charge in [0, 0.05) is 31.3 Å². The number of carbonyl (C=O) groups excluding carboxylic acids is 2. The fraction of sp³-hybridized carbons (Fsp3) is 0.211. The number of nitrogens with zero attached hydrogens (tertiary/aromatic N) is 4. The van der Waals surface area contributed by atoms with E-state index in [4.69, 9.17) is 4.74 Å². The van der Waals surface area contributed by atoms with Gasteiger partial charge >= 0.3 is 0 Å². The summed E-state index contributed by atoms with van der Waals surface area (Å²) in [4.78, 5) is 38.8. The first-order chi connectivity index (χ1) is 13.5. The normalized spacial score (nSPS) is 14.4. The maximum Gasteiger partial charge on any atom is 0.259 e. The second-order valence-electron chi connectivity index (χ2n) is 6.24. The molecule has 9 nitrogen and oxygen atoms in total. The highest BCUT2D eigenvalue weighted by Crippen LogP contribution is 2.31. The molecule has 4 rings (SSSR count). The molecule has 0 atom stereocenters. The van der Waals surface area contributed by atoms with Crippen molar-refractivity contribution in [1.29, 1.82) is 0 Å². The first-order valence-corrected chi connectivity index (χ1v) is 8.69. The Morgan fingerprint density at radius 1 is 1.18 bits per heavy atom. The number of hydrogen-bond donors (Lipinski definition) is 2. The van der Waals surface area contributed by atoms with E-state index in [9.17, 15) is 9.59 Å². The Balaban J connectivity index is 1.59. The molecule has 2 aromatic rings. The fourth-order valence-corrected chi connectivity index (χ4v) is 3.03. The molecule has 2 aliphatic rings. The number of anilines is 1. The third kappa shape index (κ3) is 3.29. The minimum atomic E-state index is -0.349. The van der Waals surface area contributed by atoms with E-state index in [1.165, 1.54) is 13.1 Å². The van der Waals surface area contributed by atoms with Crippen LogP contribution in [0.1, 0.15) is 22.8 Å². The van der Waals surface area contributed by atoms with E-state index in [2.05, 4.69) is 25.6 Å². The van der Waals surface area contributed by atoms with Gasteiger partial charge in [-0.05, 0) is 24.3 Å². The van der Waals surface area contributed by atoms with Gasteiger partial charge in [-0.3, -0.25) is 24.8 Å². The van der Waals surface area contributed by atoms with Crippen LogP contribution in [0.5, 0.6) is 5.75 Å². The third-order valence-electron chi connectivity index (χ3n) is 4.32. The van der Waals surface area contributed by atoms with Crippen LogP contribution in [0.2, 0.25) is 0 Å². The molecule has 0 bridgehead atoms. The molecule has 2 aliphatic heterocycles. The summed E-state index contributed by atoms with van der Waals surface area (Å²) in [6.45, 7) is 2.66. The lowest BCUT2D eigenvalue weighted by Crippen LogP contribution is -2.47. The van der Waals surface area contributed by atoms with Crippen LogP contribution in [-0.4, -0.2) is 53.7 Å². The van der Waals surface area contributed by atoms with E-state index >= 15 is 0 Å². The first-order valence-electron chi connectivity index (χ1n) is 8.69. The lowest BCUT2D eigenvalue weighted by Gasteiger charge is -2.27. The molecule has 0 fully saturated rings. The molecule has 0 saturated carbocycles. The van der Waals surface area contributed by atoms with Gasteiger partial charge in [-0.15, -0.1) is 0 Å². The zero-order valence-electron chi connectivity index (χ0n) is 15.4. The van der Waals surface area contributed by atoms with E-state index in [-0.39, 0.29) is 11.8 Å². The number of aliphatic imine (C=N–C) groups is 2. The minimum absolute atomic E-state index is 0.226. The van der Waals surface area contributed by atoms with Crippen molar-refractivity contribution in [3.8, 4) is 5.75 Å². The van der Waals surface area contributed by atoms with Crippen LogP contribution < -0.4 is 15.4 Å². The van der Waals surface area contributed by atoms with Crippen LogP contribution in [-0.2, 0) is 4.79 Å². The summed E-state index contributed by atoms with van der Waals surface area (Å²) < 4.78 is 5.27. The molecule has 0 aliphatic carbocycles. The summed E-state index contributed by atoms with van der Waals surface area (Å²) in [5.41, 5.74) is 1.94. The van der Waals surface area contributed by atoms with Crippen LogP contribution in [0.4, 0.5) is 11.5 Å². The highest BCUT2D eigenvalue weighted by atomic mass is 16.5. The average molecular weight is 378 g/mol. The Bertz CT molecular complexity index is 1010. The fourth-order valence-electron chi connectivity index (χ4n) is 3.03. The summed E-state index contributed by atoms with van der Waals surface area (Å²) >= 11 is 0. The summed E-state index contributed by atoms with van der Waals surface area (Å²) in [6.07, 6.45) is 1.40. The molecule has 0 spiro atoms. The smallest absolute Gasteiger partial charge is 0.259 e. The molecule has 0 unspecified atom stereocenters. The molecule has 2 amide bonds. The predicted molar refractivity (Wildman–Crippen MR) is 104 cm³/mol. The number of methoxy groups -OCH3 is 1. The molecule has 0 saturated heterocycles. The molecule has 9 heteroatoms. The van der Waals surface area contributed by atoms with E-state index in [0.29, 0.717) is 41.9 Å². The number of guanidine groups is 1. The number of carbonyl (C=O) groups is 2. The molecular formula is C19H18N6O3. The number of hydrogen-bond acceptors (Lipinski definition) is 7. The monoisotopic (exact) mass is 378 g/mol. The van der Waals surface area contributed by atoms with Crippen LogP contribution in [0.15, 0.2) is 46.5 Å². The second kappa shape index (κ2) is 7.10. The largest absolute Gasteiger partial charge is 0.497 e. The number of nitrogens with one attached hydrogen (secondary N) is 2. The van der Waals surface area contributed by atoms with Gasteiger partial charge < -0.3 is 10.1 Å². The van der Waals surface area contributed by atoms with Gasteiger partial charge in [0.05, 0.1) is 24.9 Å². The topological polar surface area (TPSA) is 108 Å². The molecular weight excluding hydrogens is 360 g/mol. The summed E-state index contributed by atoms with van der Waals surface area (Å²) in [5.74, 6) is 1.68. The lowest BCUT2D eigenvalue weighted by molar-refractivity contribution is -0.114. The average Bonchev–Trinajstić information content (AvgIpc) is 3.18. The summed E-state index contributed by atoms with van der Waals surface area (Å²) in [5, 5.41) is 5.40. The van der Waals surface area contributed by atoms with Gasteiger partial charge in [-0.1, -0.05) is 0 Å². The van der Waals surface area contributed by atoms with Gasteiger partial charge in [-0.25, -0.2) is 9.98 Å². The van der Waals surface area contributed by atoms with Gasteiger partial charge in [0.25, 0.3) is 5.91 Å². The van der Waals surface area contributed by atoms with Crippen molar-refractivity contribution in [2.24, 2.45) is 9.98 Å². The number of amides is 2. The number of amidine groups is 1. The molecule has 1 aromatic carbocycles. The Kier molecular flexibility index (Phi) is 4.48. The molecule has 0 radical (unpaired) electrons. The van der Waals surface area contributed by atoms with Gasteiger partial charge in [0.15, 0.2) is 0 Å². The van der Waals surface area contributed by atoms with Crippen molar-refractivity contribution >= 4 is 35.1 Å². The number of fused-ring (bicyclic) bond motifs is 3. The van der Waals surface area contributed by atoms with Crippen molar-refractivity contribution in [2.45, 2.75) is 6.92 Å². The SMILES string of the molecule is COc1ccc2c(c1)N=C(NC(=O)c1ccc(NC(C)=O)nc1)N1CCN=C21. The van der Waals surface area contributed by atoms with Crippen LogP contribution >= 0.6 is 0 Å². The van der Waals surface area contributed by atoms with Crippen molar-refractivity contribution < 1.29 is 14.3 Å². The molecule has 142 valence electrons. The third-order valence-corrected chi connectivity index (χ3v) is 4.32. The van der Waals surface area contributed by atoms with E-state index in [1.807, 2.05) is 23.1 Å². The number of ether oxygens (including phenoxy) is 1. The van der Waals surface area contributed by atoms with Gasteiger partial charge in [-0.2, -0.15) is 0 Å². The maximum atomic E-state index is 12.7. The highest BCUT2D eigenvalue weighted by Gasteiger charge is 2.30. The summed E-state index contributed by atoms with van der Waals surface area (Å²) in [7, 11) is 1.59. The van der Waals surface area contributed by atoms with E-state index in [1.54, 1.807) is 19.2 Å². The van der Waals surface area contributed by atoms with Crippen LogP contribution in [0.25, 0.3) is 0 Å². The Hall–Kier alpha value is -3.75. The second-order valence-corrected chi connectivity index (χ2v) is 6.24. The standard InChI is InChI=1S/C19H18N6O3/c1-11(26)22-16-6-3-12(10-21-16)18(27)24-19-23-15-9-13(28-2)4-5-14(15)17-20-7-8-25(17)19/h3-6,9-10H,7-8H2,1-2H3,(H,21,22,26)(H,23,24,27). The van der Waals surface area contributed by atoms with Gasteiger partial charge in [0.1, 0.15) is 17.4 Å². The Morgan fingerprint density at radius 2 is 2.04 bits per heavy atom. The first kappa shape index (κ1) is 17.7. The molecule has 2 N–H and O–H groups in total. The van der Waals surface area contributed by atoms with Gasteiger partial charge in [0.2, 0.25) is 11.9 Å². The quantitative estimate of drug-likeness (QED) is 0.842. The number of benzene rings is 1. The molecule has 28 heavy (non-hydrogen) atoms. The predicted octanol–water partition coefficient (Wildman–Crippen LogP) is 1.54. The Morgan fingerprint density at radius 3 is 2.75 bits per heavy atom. The highest BCUT2D eigenvalue weighted by molar-refractivity contribution is 6.19. The number of aromatic nitrogens is 1. The minimum Gasteiger partial charge on any atom is -0.497 e. The maximum absolute atomic E-state index is 12.7. The summed E-state index contributed by atoms with van der Waals surface area (Å²) in [6, 6.07) is 8.75. The van der Waals surface area contributed by atoms with E-state index in [0.717, 1.165) is 11.4 Å². The van der Waals surface area contributed by atoms with Crippen molar-refractivity contribution in [3.63, 3.8) is 0 Å². The van der Waals surface area contributed by atoms with Crippen LogP contribution in [0, 0.1) is 0 Å². The molecule has 1 aromatic heterocycles. The van der Waals surface area contributed by atoms with Crippen molar-refractivity contribution in [2.75, 3.05) is 25.5 Å². The molecule has 3 heterocycles. The van der Waals surface area contributed by atoms with Crippen LogP contribution in [0.3, 0.4) is 0 Å². The van der Waals surface area contributed by atoms with E-state index < -0.39 is 0 Å². The lowest BCUT2D eigenvalue weighted by atomic mass is 10.1.